The van der Waals surface area contributed by atoms with Crippen molar-refractivity contribution < 1.29 is 0 Å². The Morgan fingerprint density at radius 1 is 0.921 bits per heavy atom. The third-order valence-corrected chi connectivity index (χ3v) is 7.11. The molecule has 7 nitrogen and oxygen atoms in total. The van der Waals surface area contributed by atoms with Crippen molar-refractivity contribution in [1.29, 1.82) is 0 Å². The van der Waals surface area contributed by atoms with Crippen LogP contribution in [0.25, 0.3) is 10.9 Å². The summed E-state index contributed by atoms with van der Waals surface area (Å²) in [5, 5.41) is 13.9. The number of aromatic amines is 1. The van der Waals surface area contributed by atoms with Gasteiger partial charge >= 0.3 is 0 Å². The van der Waals surface area contributed by atoms with Gasteiger partial charge in [-0.25, -0.2) is 4.68 Å². The Balaban J connectivity index is 1.49. The molecule has 3 aromatic carbocycles. The molecule has 38 heavy (non-hydrogen) atoms. The third-order valence-electron chi connectivity index (χ3n) is 7.11. The highest BCUT2D eigenvalue weighted by atomic mass is 16.1. The molecule has 2 heterocycles. The Morgan fingerprint density at radius 2 is 1.63 bits per heavy atom. The normalized spacial score (nSPS) is 12.3. The largest absolute Gasteiger partial charge is 0.321 e. The highest BCUT2D eigenvalue weighted by Gasteiger charge is 2.26. The van der Waals surface area contributed by atoms with E-state index in [1.165, 1.54) is 16.7 Å². The van der Waals surface area contributed by atoms with Crippen LogP contribution in [-0.2, 0) is 26.1 Å². The molecule has 0 saturated carbocycles. The first kappa shape index (κ1) is 25.5. The minimum absolute atomic E-state index is 0.0546. The zero-order chi connectivity index (χ0) is 26.5. The molecular formula is C31H34N6O. The standard InChI is InChI=1S/C31H34N6O/c1-4-28(30-33-34-35-37(30)16-15-24-11-7-5-8-12-24)36(20-25-13-9-6-10-14-25)21-27-19-26-18-22(2)17-23(3)29(26)32-31(27)38/h5-14,17-19,28H,4,15-16,20-21H2,1-3H3,(H,32,38)/t28-/m1/s1. The van der Waals surface area contributed by atoms with E-state index in [0.717, 1.165) is 40.7 Å². The number of pyridine rings is 1. The average Bonchev–Trinajstić information content (AvgIpc) is 3.38. The van der Waals surface area contributed by atoms with Gasteiger partial charge in [0.25, 0.3) is 5.56 Å². The van der Waals surface area contributed by atoms with Crippen LogP contribution >= 0.6 is 0 Å². The number of aromatic nitrogens is 5. The molecule has 1 atom stereocenters. The van der Waals surface area contributed by atoms with E-state index in [4.69, 9.17) is 0 Å². The maximum Gasteiger partial charge on any atom is 0.252 e. The lowest BCUT2D eigenvalue weighted by Crippen LogP contribution is -2.32. The predicted octanol–water partition coefficient (Wildman–Crippen LogP) is 5.53. The first-order valence-corrected chi connectivity index (χ1v) is 13.2. The van der Waals surface area contributed by atoms with Crippen molar-refractivity contribution in [3.8, 4) is 0 Å². The summed E-state index contributed by atoms with van der Waals surface area (Å²) in [7, 11) is 0. The van der Waals surface area contributed by atoms with Gasteiger partial charge < -0.3 is 4.98 Å². The van der Waals surface area contributed by atoms with Crippen molar-refractivity contribution in [1.82, 2.24) is 30.1 Å². The second-order valence-corrected chi connectivity index (χ2v) is 9.98. The first-order valence-electron chi connectivity index (χ1n) is 13.2. The number of rotatable bonds is 10. The molecule has 0 aliphatic rings. The van der Waals surface area contributed by atoms with Gasteiger partial charge in [0, 0.05) is 25.2 Å². The third kappa shape index (κ3) is 5.73. The lowest BCUT2D eigenvalue weighted by atomic mass is 10.0. The lowest BCUT2D eigenvalue weighted by Gasteiger charge is -2.30. The van der Waals surface area contributed by atoms with E-state index >= 15 is 0 Å². The van der Waals surface area contributed by atoms with Crippen LogP contribution in [0.1, 0.15) is 53.0 Å². The van der Waals surface area contributed by atoms with E-state index in [1.54, 1.807) is 0 Å². The van der Waals surface area contributed by atoms with Crippen LogP contribution in [0.15, 0.2) is 83.7 Å². The van der Waals surface area contributed by atoms with E-state index in [-0.39, 0.29) is 11.6 Å². The quantitative estimate of drug-likeness (QED) is 0.270. The van der Waals surface area contributed by atoms with Gasteiger partial charge in [-0.05, 0) is 71.3 Å². The molecule has 5 aromatic rings. The van der Waals surface area contributed by atoms with Gasteiger partial charge in [0.1, 0.15) is 0 Å². The van der Waals surface area contributed by atoms with Crippen LogP contribution in [0.2, 0.25) is 0 Å². The molecule has 2 aromatic heterocycles. The SMILES string of the molecule is CC[C@H](c1nnnn1CCc1ccccc1)N(Cc1ccccc1)Cc1cc2cc(C)cc(C)c2[nH]c1=O. The van der Waals surface area contributed by atoms with Crippen molar-refractivity contribution in [2.24, 2.45) is 0 Å². The van der Waals surface area contributed by atoms with Crippen molar-refractivity contribution in [3.63, 3.8) is 0 Å². The fourth-order valence-corrected chi connectivity index (χ4v) is 5.26. The molecule has 0 aliphatic carbocycles. The molecule has 0 radical (unpaired) electrons. The molecular weight excluding hydrogens is 472 g/mol. The Kier molecular flexibility index (Phi) is 7.75. The first-order chi connectivity index (χ1) is 18.5. The Labute approximate surface area is 223 Å². The monoisotopic (exact) mass is 506 g/mol. The summed E-state index contributed by atoms with van der Waals surface area (Å²) in [6.07, 6.45) is 1.65. The van der Waals surface area contributed by atoms with Gasteiger partial charge in [-0.1, -0.05) is 79.2 Å². The van der Waals surface area contributed by atoms with Crippen LogP contribution in [0.4, 0.5) is 0 Å². The molecule has 0 saturated heterocycles. The molecule has 0 unspecified atom stereocenters. The lowest BCUT2D eigenvalue weighted by molar-refractivity contribution is 0.160. The summed E-state index contributed by atoms with van der Waals surface area (Å²) in [6.45, 7) is 8.12. The van der Waals surface area contributed by atoms with Crippen LogP contribution < -0.4 is 5.56 Å². The number of aryl methyl sites for hydroxylation is 4. The van der Waals surface area contributed by atoms with Crippen molar-refractivity contribution >= 4 is 10.9 Å². The van der Waals surface area contributed by atoms with Gasteiger partial charge in [-0.15, -0.1) is 5.10 Å². The van der Waals surface area contributed by atoms with Gasteiger partial charge in [0.2, 0.25) is 0 Å². The topological polar surface area (TPSA) is 79.7 Å². The Morgan fingerprint density at radius 3 is 2.34 bits per heavy atom. The molecule has 5 rings (SSSR count). The highest BCUT2D eigenvalue weighted by molar-refractivity contribution is 5.82. The maximum absolute atomic E-state index is 13.3. The number of tetrazole rings is 1. The summed E-state index contributed by atoms with van der Waals surface area (Å²) >= 11 is 0. The fourth-order valence-electron chi connectivity index (χ4n) is 5.26. The molecule has 0 spiro atoms. The number of nitrogens with one attached hydrogen (secondary N) is 1. The number of fused-ring (bicyclic) bond motifs is 1. The molecule has 194 valence electrons. The summed E-state index contributed by atoms with van der Waals surface area (Å²) < 4.78 is 1.91. The minimum Gasteiger partial charge on any atom is -0.321 e. The van der Waals surface area contributed by atoms with E-state index in [1.807, 2.05) is 41.9 Å². The summed E-state index contributed by atoms with van der Waals surface area (Å²) in [5.41, 5.74) is 6.26. The van der Waals surface area contributed by atoms with Gasteiger partial charge in [-0.2, -0.15) is 0 Å². The van der Waals surface area contributed by atoms with E-state index in [2.05, 4.69) is 87.8 Å². The number of benzene rings is 3. The van der Waals surface area contributed by atoms with Gasteiger partial charge in [-0.3, -0.25) is 9.69 Å². The zero-order valence-corrected chi connectivity index (χ0v) is 22.3. The summed E-state index contributed by atoms with van der Waals surface area (Å²) in [4.78, 5) is 18.7. The average molecular weight is 507 g/mol. The van der Waals surface area contributed by atoms with E-state index in [9.17, 15) is 4.79 Å². The van der Waals surface area contributed by atoms with Crippen LogP contribution in [0, 0.1) is 13.8 Å². The second kappa shape index (κ2) is 11.5. The van der Waals surface area contributed by atoms with E-state index < -0.39 is 0 Å². The molecule has 0 amide bonds. The molecule has 1 N–H and O–H groups in total. The highest BCUT2D eigenvalue weighted by Crippen LogP contribution is 2.27. The Hall–Kier alpha value is -4.10. The zero-order valence-electron chi connectivity index (χ0n) is 22.3. The smallest absolute Gasteiger partial charge is 0.252 e. The summed E-state index contributed by atoms with van der Waals surface area (Å²) in [5.74, 6) is 0.822. The number of H-pyrrole nitrogens is 1. The minimum atomic E-state index is -0.0599. The molecule has 0 aliphatic heterocycles. The molecule has 0 fully saturated rings. The predicted molar refractivity (Wildman–Crippen MR) is 151 cm³/mol. The molecule has 7 heteroatoms. The van der Waals surface area contributed by atoms with Crippen molar-refractivity contribution in [3.05, 3.63) is 123 Å². The number of nitrogens with zero attached hydrogens (tertiary/aromatic N) is 5. The van der Waals surface area contributed by atoms with Crippen LogP contribution in [-0.4, -0.2) is 30.1 Å². The fraction of sp³-hybridized carbons (Fsp3) is 0.290. The Bertz CT molecular complexity index is 1560. The van der Waals surface area contributed by atoms with E-state index in [0.29, 0.717) is 19.6 Å². The number of hydrogen-bond acceptors (Lipinski definition) is 5. The second-order valence-electron chi connectivity index (χ2n) is 9.98. The maximum atomic E-state index is 13.3. The van der Waals surface area contributed by atoms with Crippen molar-refractivity contribution in [2.75, 3.05) is 0 Å². The van der Waals surface area contributed by atoms with Gasteiger partial charge in [0.05, 0.1) is 11.6 Å². The molecule has 0 bridgehead atoms. The van der Waals surface area contributed by atoms with Crippen LogP contribution in [0.5, 0.6) is 0 Å². The van der Waals surface area contributed by atoms with Gasteiger partial charge in [0.15, 0.2) is 5.82 Å². The number of hydrogen-bond donors (Lipinski definition) is 1. The summed E-state index contributed by atoms with van der Waals surface area (Å²) in [6, 6.07) is 26.9. The van der Waals surface area contributed by atoms with Crippen molar-refractivity contribution in [2.45, 2.75) is 59.3 Å². The van der Waals surface area contributed by atoms with Crippen LogP contribution in [0.3, 0.4) is 0 Å².